The van der Waals surface area contributed by atoms with Crippen molar-refractivity contribution in [3.8, 4) is 0 Å². The highest BCUT2D eigenvalue weighted by molar-refractivity contribution is 4.82. The minimum Gasteiger partial charge on any atom is -0.334 e. The van der Waals surface area contributed by atoms with Gasteiger partial charge >= 0.3 is 0 Å². The molecule has 1 fully saturated rings. The van der Waals surface area contributed by atoms with Crippen LogP contribution in [0.2, 0.25) is 0 Å². The third kappa shape index (κ3) is 1.43. The molecule has 0 spiro atoms. The Morgan fingerprint density at radius 1 is 1.27 bits per heavy atom. The number of aromatic nitrogens is 2. The Morgan fingerprint density at radius 2 is 2.09 bits per heavy atom. The van der Waals surface area contributed by atoms with Crippen LogP contribution in [-0.2, 0) is 0 Å². The van der Waals surface area contributed by atoms with Gasteiger partial charge in [-0.15, -0.1) is 0 Å². The number of rotatable bonds is 1. The Balaban J connectivity index is 2.04. The molecule has 1 aromatic heterocycles. The molecule has 1 aliphatic heterocycles. The van der Waals surface area contributed by atoms with Crippen LogP contribution in [-0.4, -0.2) is 22.6 Å². The first-order chi connectivity index (χ1) is 5.47. The lowest BCUT2D eigenvalue weighted by Crippen LogP contribution is -2.24. The van der Waals surface area contributed by atoms with Crippen molar-refractivity contribution in [2.45, 2.75) is 18.9 Å². The van der Waals surface area contributed by atoms with Gasteiger partial charge in [-0.2, -0.15) is 0 Å². The van der Waals surface area contributed by atoms with E-state index in [0.717, 1.165) is 13.1 Å². The molecular weight excluding hydrogens is 138 g/mol. The third-order valence-corrected chi connectivity index (χ3v) is 2.19. The maximum Gasteiger partial charge on any atom is 0.0948 e. The zero-order chi connectivity index (χ0) is 7.52. The van der Waals surface area contributed by atoms with Crippen molar-refractivity contribution in [3.05, 3.63) is 18.7 Å². The Morgan fingerprint density at radius 3 is 2.73 bits per heavy atom. The second-order valence-corrected chi connectivity index (χ2v) is 2.91. The van der Waals surface area contributed by atoms with Gasteiger partial charge in [-0.25, -0.2) is 10.3 Å². The van der Waals surface area contributed by atoms with E-state index < -0.39 is 0 Å². The smallest absolute Gasteiger partial charge is 0.0948 e. The fourth-order valence-electron chi connectivity index (χ4n) is 1.52. The van der Waals surface area contributed by atoms with Crippen LogP contribution in [0.25, 0.3) is 0 Å². The highest BCUT2D eigenvalue weighted by Crippen LogP contribution is 2.17. The molecule has 0 aliphatic carbocycles. The van der Waals surface area contributed by atoms with E-state index in [1.54, 1.807) is 0 Å². The number of piperidine rings is 1. The van der Waals surface area contributed by atoms with Crippen LogP contribution in [0.3, 0.4) is 0 Å². The van der Waals surface area contributed by atoms with Crippen LogP contribution in [0.5, 0.6) is 0 Å². The van der Waals surface area contributed by atoms with Crippen molar-refractivity contribution in [1.82, 2.24) is 14.9 Å². The molecule has 0 bridgehead atoms. The van der Waals surface area contributed by atoms with Crippen molar-refractivity contribution in [2.24, 2.45) is 0 Å². The predicted octanol–water partition coefficient (Wildman–Crippen LogP) is 0.822. The van der Waals surface area contributed by atoms with Crippen LogP contribution >= 0.6 is 0 Å². The molecule has 11 heavy (non-hydrogen) atoms. The second kappa shape index (κ2) is 3.05. The summed E-state index contributed by atoms with van der Waals surface area (Å²) >= 11 is 0. The van der Waals surface area contributed by atoms with E-state index in [0.29, 0.717) is 6.04 Å². The van der Waals surface area contributed by atoms with Gasteiger partial charge in [0.15, 0.2) is 0 Å². The van der Waals surface area contributed by atoms with E-state index in [1.165, 1.54) is 12.8 Å². The number of hydrogen-bond donors (Lipinski definition) is 0. The molecule has 1 aliphatic rings. The Hall–Kier alpha value is -0.830. The van der Waals surface area contributed by atoms with Gasteiger partial charge in [-0.1, -0.05) is 0 Å². The molecule has 1 saturated heterocycles. The summed E-state index contributed by atoms with van der Waals surface area (Å²) < 4.78 is 2.19. The monoisotopic (exact) mass is 150 g/mol. The fourth-order valence-corrected chi connectivity index (χ4v) is 1.52. The highest BCUT2D eigenvalue weighted by Gasteiger charge is 2.13. The lowest BCUT2D eigenvalue weighted by atomic mass is 10.1. The molecule has 0 unspecified atom stereocenters. The summed E-state index contributed by atoms with van der Waals surface area (Å²) in [5.74, 6) is 0. The van der Waals surface area contributed by atoms with E-state index in [4.69, 9.17) is 0 Å². The van der Waals surface area contributed by atoms with Gasteiger partial charge in [-0.05, 0) is 12.8 Å². The van der Waals surface area contributed by atoms with Crippen molar-refractivity contribution >= 4 is 0 Å². The molecule has 0 atom stereocenters. The molecule has 0 N–H and O–H groups in total. The molecule has 0 aromatic carbocycles. The summed E-state index contributed by atoms with van der Waals surface area (Å²) in [6, 6.07) is 0.648. The summed E-state index contributed by atoms with van der Waals surface area (Å²) in [5, 5.41) is 4.30. The summed E-state index contributed by atoms with van der Waals surface area (Å²) in [6.45, 7) is 2.03. The number of imidazole rings is 1. The molecule has 1 aromatic rings. The van der Waals surface area contributed by atoms with Crippen LogP contribution in [0.15, 0.2) is 18.7 Å². The SMILES string of the molecule is c1cn(C2CC[N]CC2)cn1. The van der Waals surface area contributed by atoms with Gasteiger partial charge in [0.2, 0.25) is 0 Å². The first kappa shape index (κ1) is 6.85. The van der Waals surface area contributed by atoms with E-state index in [2.05, 4.69) is 14.9 Å². The molecule has 3 nitrogen and oxygen atoms in total. The zero-order valence-electron chi connectivity index (χ0n) is 6.48. The molecule has 1 radical (unpaired) electrons. The van der Waals surface area contributed by atoms with Crippen LogP contribution in [0, 0.1) is 0 Å². The Bertz CT molecular complexity index is 199. The normalized spacial score (nSPS) is 20.4. The highest BCUT2D eigenvalue weighted by atomic mass is 15.1. The molecule has 2 heterocycles. The average Bonchev–Trinajstić information content (AvgIpc) is 2.58. The molecular formula is C8H12N3. The molecule has 0 saturated carbocycles. The third-order valence-electron chi connectivity index (χ3n) is 2.19. The van der Waals surface area contributed by atoms with Crippen molar-refractivity contribution in [3.63, 3.8) is 0 Å². The summed E-state index contributed by atoms with van der Waals surface area (Å²) in [4.78, 5) is 4.03. The van der Waals surface area contributed by atoms with Crippen LogP contribution in [0.1, 0.15) is 18.9 Å². The first-order valence-electron chi connectivity index (χ1n) is 4.07. The lowest BCUT2D eigenvalue weighted by molar-refractivity contribution is 0.363. The van der Waals surface area contributed by atoms with Gasteiger partial charge in [0.1, 0.15) is 0 Å². The van der Waals surface area contributed by atoms with E-state index in [9.17, 15) is 0 Å². The van der Waals surface area contributed by atoms with Gasteiger partial charge in [0.05, 0.1) is 6.33 Å². The Labute approximate surface area is 66.4 Å². The Kier molecular flexibility index (Phi) is 1.90. The van der Waals surface area contributed by atoms with Crippen molar-refractivity contribution in [2.75, 3.05) is 13.1 Å². The average molecular weight is 150 g/mol. The number of nitrogens with zero attached hydrogens (tertiary/aromatic N) is 3. The van der Waals surface area contributed by atoms with Crippen molar-refractivity contribution < 1.29 is 0 Å². The van der Waals surface area contributed by atoms with E-state index in [-0.39, 0.29) is 0 Å². The van der Waals surface area contributed by atoms with E-state index >= 15 is 0 Å². The molecule has 59 valence electrons. The van der Waals surface area contributed by atoms with Gasteiger partial charge in [-0.3, -0.25) is 0 Å². The molecule has 2 rings (SSSR count). The molecule has 0 amide bonds. The molecule has 3 heteroatoms. The maximum absolute atomic E-state index is 4.30. The van der Waals surface area contributed by atoms with Gasteiger partial charge < -0.3 is 4.57 Å². The largest absolute Gasteiger partial charge is 0.334 e. The fraction of sp³-hybridized carbons (Fsp3) is 0.625. The van der Waals surface area contributed by atoms with Crippen LogP contribution < -0.4 is 5.32 Å². The van der Waals surface area contributed by atoms with Gasteiger partial charge in [0, 0.05) is 31.5 Å². The summed E-state index contributed by atoms with van der Waals surface area (Å²) in [5.41, 5.74) is 0. The second-order valence-electron chi connectivity index (χ2n) is 2.91. The maximum atomic E-state index is 4.30. The predicted molar refractivity (Wildman–Crippen MR) is 42.4 cm³/mol. The summed E-state index contributed by atoms with van der Waals surface area (Å²) in [7, 11) is 0. The minimum absolute atomic E-state index is 0.648. The van der Waals surface area contributed by atoms with Crippen molar-refractivity contribution in [1.29, 1.82) is 0 Å². The lowest BCUT2D eigenvalue weighted by Gasteiger charge is -2.22. The topological polar surface area (TPSA) is 31.9 Å². The van der Waals surface area contributed by atoms with Crippen LogP contribution in [0.4, 0.5) is 0 Å². The first-order valence-corrected chi connectivity index (χ1v) is 4.07. The van der Waals surface area contributed by atoms with E-state index in [1.807, 2.05) is 18.7 Å². The van der Waals surface area contributed by atoms with Gasteiger partial charge in [0.25, 0.3) is 0 Å². The minimum atomic E-state index is 0.648. The summed E-state index contributed by atoms with van der Waals surface area (Å²) in [6.07, 6.45) is 8.13. The zero-order valence-corrected chi connectivity index (χ0v) is 6.48. The number of hydrogen-bond acceptors (Lipinski definition) is 1. The quantitative estimate of drug-likeness (QED) is 0.583. The standard InChI is InChI=1S/C8H12N3/c1-3-9-4-2-8(1)11-6-5-10-7-11/h5-8H,1-4H2.